The van der Waals surface area contributed by atoms with Crippen LogP contribution in [0.5, 0.6) is 0 Å². The lowest BCUT2D eigenvalue weighted by atomic mass is 10.0. The predicted octanol–water partition coefficient (Wildman–Crippen LogP) is 12.0. The van der Waals surface area contributed by atoms with Gasteiger partial charge in [0.1, 0.15) is 12.6 Å². The third kappa shape index (κ3) is 58.6. The van der Waals surface area contributed by atoms with Crippen molar-refractivity contribution in [2.45, 2.75) is 177 Å². The average Bonchev–Trinajstić information content (AvgIpc) is 2.90. The standard InChI is InChI=1S/2C9H18O.2C8H16/c1-3-4-5-6-7-9(2)8-10;1-2-3-4-5-6-7-8-9-10;2*1-3-5-7-8-6-4-2/h8-9H,3-7H2,1-2H3;9H,2-8H2,1H3;2*3,5H,4,6-8H2,1-2H3/b;;5-3+;5-3-. The van der Waals surface area contributed by atoms with Gasteiger partial charge in [0.25, 0.3) is 0 Å². The highest BCUT2D eigenvalue weighted by Gasteiger charge is 1.97. The molecule has 0 aromatic heterocycles. The van der Waals surface area contributed by atoms with Crippen LogP contribution in [0.3, 0.4) is 0 Å². The summed E-state index contributed by atoms with van der Waals surface area (Å²) in [5.74, 6) is 0.275. The summed E-state index contributed by atoms with van der Waals surface area (Å²) in [6.45, 7) is 15.0. The minimum absolute atomic E-state index is 0.275. The number of unbranched alkanes of at least 4 members (excludes halogenated alkanes) is 15. The Morgan fingerprint density at radius 3 is 1.25 bits per heavy atom. The lowest BCUT2D eigenvalue weighted by Crippen LogP contribution is -1.94. The summed E-state index contributed by atoms with van der Waals surface area (Å²) < 4.78 is 0. The first-order valence-electron chi connectivity index (χ1n) is 15.7. The first-order valence-corrected chi connectivity index (χ1v) is 15.7. The van der Waals surface area contributed by atoms with Gasteiger partial charge in [0.2, 0.25) is 0 Å². The fraction of sp³-hybridized carbons (Fsp3) is 0.824. The highest BCUT2D eigenvalue weighted by molar-refractivity contribution is 5.52. The van der Waals surface area contributed by atoms with Crippen LogP contribution in [0, 0.1) is 5.92 Å². The Labute approximate surface area is 229 Å². The molecule has 0 radical (unpaired) electrons. The van der Waals surface area contributed by atoms with E-state index in [0.717, 1.165) is 31.8 Å². The maximum Gasteiger partial charge on any atom is 0.122 e. The second kappa shape index (κ2) is 47.1. The van der Waals surface area contributed by atoms with Gasteiger partial charge < -0.3 is 9.59 Å². The molecule has 0 aliphatic heterocycles. The smallest absolute Gasteiger partial charge is 0.122 e. The number of hydrogen-bond acceptors (Lipinski definition) is 2. The molecule has 0 saturated carbocycles. The highest BCUT2D eigenvalue weighted by Crippen LogP contribution is 2.08. The monoisotopic (exact) mass is 509 g/mol. The fourth-order valence-corrected chi connectivity index (χ4v) is 3.33. The zero-order valence-electron chi connectivity index (χ0n) is 26.0. The number of allylic oxidation sites excluding steroid dienone is 4. The Hall–Kier alpha value is -1.18. The largest absolute Gasteiger partial charge is 0.303 e. The van der Waals surface area contributed by atoms with Crippen LogP contribution in [0.4, 0.5) is 0 Å². The third-order valence-electron chi connectivity index (χ3n) is 5.84. The summed E-state index contributed by atoms with van der Waals surface area (Å²) in [5, 5.41) is 0. The molecule has 0 amide bonds. The molecule has 0 aliphatic carbocycles. The molecule has 0 aliphatic rings. The van der Waals surface area contributed by atoms with Crippen molar-refractivity contribution >= 4 is 12.6 Å². The van der Waals surface area contributed by atoms with Gasteiger partial charge in [-0.25, -0.2) is 0 Å². The van der Waals surface area contributed by atoms with E-state index in [-0.39, 0.29) is 5.92 Å². The maximum absolute atomic E-state index is 10.2. The first kappa shape index (κ1) is 41.9. The predicted molar refractivity (Wildman–Crippen MR) is 166 cm³/mol. The van der Waals surface area contributed by atoms with E-state index in [1.165, 1.54) is 109 Å². The molecule has 216 valence electrons. The van der Waals surface area contributed by atoms with E-state index in [2.05, 4.69) is 65.8 Å². The summed E-state index contributed by atoms with van der Waals surface area (Å²) in [6, 6.07) is 0. The van der Waals surface area contributed by atoms with Crippen LogP contribution in [0.1, 0.15) is 177 Å². The second-order valence-corrected chi connectivity index (χ2v) is 9.82. The molecule has 0 aromatic carbocycles. The van der Waals surface area contributed by atoms with Gasteiger partial charge in [0, 0.05) is 12.3 Å². The molecule has 1 atom stereocenters. The molecule has 2 heteroatoms. The fourth-order valence-electron chi connectivity index (χ4n) is 3.33. The topological polar surface area (TPSA) is 34.1 Å². The Kier molecular flexibility index (Phi) is 54.8. The van der Waals surface area contributed by atoms with Crippen molar-refractivity contribution < 1.29 is 9.59 Å². The van der Waals surface area contributed by atoms with Crippen LogP contribution < -0.4 is 0 Å². The van der Waals surface area contributed by atoms with E-state index >= 15 is 0 Å². The van der Waals surface area contributed by atoms with Crippen LogP contribution in [0.15, 0.2) is 24.3 Å². The highest BCUT2D eigenvalue weighted by atomic mass is 16.1. The number of aldehydes is 2. The van der Waals surface area contributed by atoms with Gasteiger partial charge in [-0.05, 0) is 52.4 Å². The van der Waals surface area contributed by atoms with Gasteiger partial charge in [-0.3, -0.25) is 0 Å². The van der Waals surface area contributed by atoms with Gasteiger partial charge in [0.05, 0.1) is 0 Å². The van der Waals surface area contributed by atoms with Crippen molar-refractivity contribution in [3.8, 4) is 0 Å². The van der Waals surface area contributed by atoms with Gasteiger partial charge >= 0.3 is 0 Å². The SMILES string of the molecule is C/C=C/CCCCC.C/C=C\CCCCC.CCCCCCC(C)C=O.CCCCCCCCC=O. The van der Waals surface area contributed by atoms with Crippen molar-refractivity contribution in [2.24, 2.45) is 5.92 Å². The lowest BCUT2D eigenvalue weighted by Gasteiger charge is -2.00. The van der Waals surface area contributed by atoms with Gasteiger partial charge in [0.15, 0.2) is 0 Å². The van der Waals surface area contributed by atoms with E-state index in [9.17, 15) is 9.59 Å². The molecule has 0 saturated heterocycles. The quantitative estimate of drug-likeness (QED) is 0.0877. The Morgan fingerprint density at radius 2 is 0.861 bits per heavy atom. The van der Waals surface area contributed by atoms with Crippen molar-refractivity contribution in [3.05, 3.63) is 24.3 Å². The molecule has 0 rings (SSSR count). The van der Waals surface area contributed by atoms with Crippen LogP contribution in [-0.4, -0.2) is 12.6 Å². The summed E-state index contributed by atoms with van der Waals surface area (Å²) >= 11 is 0. The van der Waals surface area contributed by atoms with Crippen molar-refractivity contribution in [1.29, 1.82) is 0 Å². The molecule has 0 aromatic rings. The van der Waals surface area contributed by atoms with Gasteiger partial charge in [-0.1, -0.05) is 142 Å². The van der Waals surface area contributed by atoms with Crippen molar-refractivity contribution in [1.82, 2.24) is 0 Å². The molecular formula is C34H68O2. The molecule has 2 nitrogen and oxygen atoms in total. The van der Waals surface area contributed by atoms with E-state index in [1.54, 1.807) is 0 Å². The van der Waals surface area contributed by atoms with Gasteiger partial charge in [-0.2, -0.15) is 0 Å². The Balaban J connectivity index is -0.000000191. The van der Waals surface area contributed by atoms with E-state index in [4.69, 9.17) is 0 Å². The normalized spacial score (nSPS) is 11.1. The minimum atomic E-state index is 0.275. The minimum Gasteiger partial charge on any atom is -0.303 e. The molecule has 36 heavy (non-hydrogen) atoms. The number of carbonyl (C=O) groups is 2. The van der Waals surface area contributed by atoms with Crippen LogP contribution in [-0.2, 0) is 9.59 Å². The molecule has 0 spiro atoms. The average molecular weight is 509 g/mol. The number of rotatable bonds is 21. The zero-order chi connectivity index (χ0) is 28.0. The molecule has 0 fully saturated rings. The third-order valence-corrected chi connectivity index (χ3v) is 5.84. The molecule has 1 unspecified atom stereocenters. The molecular weight excluding hydrogens is 440 g/mol. The van der Waals surface area contributed by atoms with Gasteiger partial charge in [-0.15, -0.1) is 0 Å². The zero-order valence-corrected chi connectivity index (χ0v) is 26.0. The van der Waals surface area contributed by atoms with Crippen LogP contribution in [0.2, 0.25) is 0 Å². The summed E-state index contributed by atoms with van der Waals surface area (Å²) in [7, 11) is 0. The maximum atomic E-state index is 10.2. The molecule has 0 N–H and O–H groups in total. The Morgan fingerprint density at radius 1 is 0.500 bits per heavy atom. The van der Waals surface area contributed by atoms with E-state index < -0.39 is 0 Å². The van der Waals surface area contributed by atoms with E-state index in [1.807, 2.05) is 6.92 Å². The van der Waals surface area contributed by atoms with Crippen molar-refractivity contribution in [3.63, 3.8) is 0 Å². The second-order valence-electron chi connectivity index (χ2n) is 9.82. The molecule has 0 heterocycles. The van der Waals surface area contributed by atoms with Crippen molar-refractivity contribution in [2.75, 3.05) is 0 Å². The number of hydrogen-bond donors (Lipinski definition) is 0. The Bertz CT molecular complexity index is 393. The van der Waals surface area contributed by atoms with E-state index in [0.29, 0.717) is 0 Å². The molecule has 0 bridgehead atoms. The summed E-state index contributed by atoms with van der Waals surface area (Å²) in [4.78, 5) is 20.1. The van der Waals surface area contributed by atoms with Crippen LogP contribution >= 0.6 is 0 Å². The summed E-state index contributed by atoms with van der Waals surface area (Å²) in [5.41, 5.74) is 0. The summed E-state index contributed by atoms with van der Waals surface area (Å²) in [6.07, 6.45) is 36.0. The first-order chi connectivity index (χ1) is 17.6. The number of carbonyl (C=O) groups excluding carboxylic acids is 2. The van der Waals surface area contributed by atoms with Crippen LogP contribution in [0.25, 0.3) is 0 Å². The lowest BCUT2D eigenvalue weighted by molar-refractivity contribution is -0.111.